The van der Waals surface area contributed by atoms with Crippen molar-refractivity contribution < 1.29 is 14.7 Å². The number of carbonyl (C=O) groups excluding carboxylic acids is 2. The van der Waals surface area contributed by atoms with Crippen LogP contribution in [0.4, 0.5) is 0 Å². The second-order valence-corrected chi connectivity index (χ2v) is 8.38. The number of nitrogens with one attached hydrogen (secondary N) is 1. The Morgan fingerprint density at radius 2 is 1.97 bits per heavy atom. The molecule has 4 atom stereocenters. The highest BCUT2D eigenvalue weighted by Crippen LogP contribution is 2.21. The second-order valence-electron chi connectivity index (χ2n) is 8.38. The topological polar surface area (TPSA) is 163 Å². The summed E-state index contributed by atoms with van der Waals surface area (Å²) in [6, 6.07) is 7.53. The van der Waals surface area contributed by atoms with Crippen molar-refractivity contribution in [1.82, 2.24) is 15.1 Å². The number of hydrogen-bond acceptors (Lipinski definition) is 6. The van der Waals surface area contributed by atoms with E-state index in [2.05, 4.69) is 10.3 Å². The van der Waals surface area contributed by atoms with Crippen LogP contribution in [0.1, 0.15) is 31.2 Å². The van der Waals surface area contributed by atoms with E-state index in [1.165, 1.54) is 0 Å². The van der Waals surface area contributed by atoms with Gasteiger partial charge in [0.15, 0.2) is 5.96 Å². The molecule has 0 bridgehead atoms. The van der Waals surface area contributed by atoms with E-state index in [1.807, 2.05) is 44.4 Å². The van der Waals surface area contributed by atoms with Gasteiger partial charge in [-0.05, 0) is 37.7 Å². The summed E-state index contributed by atoms with van der Waals surface area (Å²) < 4.78 is 0. The second kappa shape index (κ2) is 12.4. The van der Waals surface area contributed by atoms with Crippen molar-refractivity contribution >= 4 is 17.8 Å². The average molecular weight is 448 g/mol. The lowest BCUT2D eigenvalue weighted by Crippen LogP contribution is -2.57. The van der Waals surface area contributed by atoms with E-state index in [-0.39, 0.29) is 5.91 Å². The van der Waals surface area contributed by atoms with Crippen LogP contribution < -0.4 is 22.5 Å². The van der Waals surface area contributed by atoms with E-state index in [9.17, 15) is 14.7 Å². The van der Waals surface area contributed by atoms with Crippen molar-refractivity contribution in [1.29, 1.82) is 0 Å². The number of primary amides is 1. The molecule has 1 fully saturated rings. The molecular weight excluding hydrogens is 410 g/mol. The average Bonchev–Trinajstić information content (AvgIpc) is 3.26. The smallest absolute Gasteiger partial charge is 0.239 e. The third-order valence-corrected chi connectivity index (χ3v) is 5.67. The van der Waals surface area contributed by atoms with Gasteiger partial charge in [0.1, 0.15) is 6.23 Å². The molecule has 0 spiro atoms. The van der Waals surface area contributed by atoms with Crippen molar-refractivity contribution in [2.24, 2.45) is 22.2 Å². The first-order valence-corrected chi connectivity index (χ1v) is 11.0. The molecule has 1 aromatic rings. The Morgan fingerprint density at radius 3 is 2.59 bits per heavy atom. The molecule has 1 aromatic carbocycles. The van der Waals surface area contributed by atoms with E-state index >= 15 is 0 Å². The number of amides is 2. The maximum atomic E-state index is 12.9. The highest BCUT2D eigenvalue weighted by molar-refractivity contribution is 5.82. The van der Waals surface area contributed by atoms with Crippen LogP contribution in [0.2, 0.25) is 0 Å². The summed E-state index contributed by atoms with van der Waals surface area (Å²) in [5, 5.41) is 13.7. The Balaban J connectivity index is 1.92. The number of guanidine groups is 1. The van der Waals surface area contributed by atoms with Crippen LogP contribution in [-0.2, 0) is 16.0 Å². The molecule has 0 aliphatic carbocycles. The lowest BCUT2D eigenvalue weighted by atomic mass is 10.0. The van der Waals surface area contributed by atoms with Crippen molar-refractivity contribution in [2.45, 2.75) is 56.5 Å². The predicted octanol–water partition coefficient (Wildman–Crippen LogP) is -1.03. The summed E-state index contributed by atoms with van der Waals surface area (Å²) in [5.41, 5.74) is 18.4. The standard InChI is InChI=1S/C22H37N7O3/c1-28(2)22(25)26-12-6-10-16(23)21(32)29-13-7-11-18(29)20(31)27-17(19(24)30)14-15-8-4-3-5-9-15/h3-5,8-9,16-18,20,27,31H,6-7,10-14,23H2,1-2H3,(H2,24,30)(H2,25,26)/t16-,17-,18-,20?/m0/s1. The normalized spacial score (nSPS) is 19.4. The van der Waals surface area contributed by atoms with Crippen molar-refractivity contribution in [3.63, 3.8) is 0 Å². The fourth-order valence-electron chi connectivity index (χ4n) is 3.79. The third-order valence-electron chi connectivity index (χ3n) is 5.67. The third kappa shape index (κ3) is 7.47. The van der Waals surface area contributed by atoms with Crippen LogP contribution in [0.5, 0.6) is 0 Å². The first kappa shape index (κ1) is 25.6. The van der Waals surface area contributed by atoms with Crippen LogP contribution in [0.3, 0.4) is 0 Å². The first-order chi connectivity index (χ1) is 15.2. The molecule has 1 aliphatic rings. The Bertz CT molecular complexity index is 772. The lowest BCUT2D eigenvalue weighted by Gasteiger charge is -2.32. The number of carbonyl (C=O) groups is 2. The molecule has 1 heterocycles. The van der Waals surface area contributed by atoms with Gasteiger partial charge in [0.05, 0.1) is 18.1 Å². The molecule has 2 rings (SSSR count). The lowest BCUT2D eigenvalue weighted by molar-refractivity contribution is -0.136. The number of aliphatic hydroxyl groups excluding tert-OH is 1. The van der Waals surface area contributed by atoms with E-state index in [0.29, 0.717) is 44.7 Å². The van der Waals surface area contributed by atoms with Crippen LogP contribution >= 0.6 is 0 Å². The quantitative estimate of drug-likeness (QED) is 0.125. The Hall–Kier alpha value is -2.69. The number of nitrogens with zero attached hydrogens (tertiary/aromatic N) is 3. The molecule has 1 unspecified atom stereocenters. The number of nitrogens with two attached hydrogens (primary N) is 3. The summed E-state index contributed by atoms with van der Waals surface area (Å²) >= 11 is 0. The van der Waals surface area contributed by atoms with Gasteiger partial charge in [0, 0.05) is 27.2 Å². The minimum absolute atomic E-state index is 0.211. The number of rotatable bonds is 11. The molecule has 178 valence electrons. The number of benzene rings is 1. The predicted molar refractivity (Wildman–Crippen MR) is 124 cm³/mol. The maximum absolute atomic E-state index is 12.9. The van der Waals surface area contributed by atoms with E-state index < -0.39 is 30.3 Å². The number of aliphatic hydroxyl groups is 1. The molecule has 2 amide bonds. The number of likely N-dealkylation sites (tertiary alicyclic amines) is 1. The number of aliphatic imine (C=N–C) groups is 1. The summed E-state index contributed by atoms with van der Waals surface area (Å²) in [6.07, 6.45) is 1.73. The van der Waals surface area contributed by atoms with Gasteiger partial charge in [-0.15, -0.1) is 0 Å². The Kier molecular flexibility index (Phi) is 9.89. The van der Waals surface area contributed by atoms with Gasteiger partial charge in [-0.3, -0.25) is 19.9 Å². The molecule has 1 saturated heterocycles. The van der Waals surface area contributed by atoms with Crippen LogP contribution in [0.15, 0.2) is 35.3 Å². The summed E-state index contributed by atoms with van der Waals surface area (Å²) in [7, 11) is 3.62. The van der Waals surface area contributed by atoms with E-state index in [0.717, 1.165) is 12.0 Å². The van der Waals surface area contributed by atoms with Crippen molar-refractivity contribution in [2.75, 3.05) is 27.2 Å². The number of hydrogen-bond donors (Lipinski definition) is 5. The van der Waals surface area contributed by atoms with Gasteiger partial charge in [-0.1, -0.05) is 30.3 Å². The maximum Gasteiger partial charge on any atom is 0.239 e. The molecule has 10 nitrogen and oxygen atoms in total. The largest absolute Gasteiger partial charge is 0.376 e. The molecule has 1 aliphatic heterocycles. The zero-order valence-corrected chi connectivity index (χ0v) is 19.0. The highest BCUT2D eigenvalue weighted by atomic mass is 16.3. The van der Waals surface area contributed by atoms with Crippen LogP contribution in [-0.4, -0.2) is 84.2 Å². The molecule has 8 N–H and O–H groups in total. The van der Waals surface area contributed by atoms with Gasteiger partial charge < -0.3 is 32.1 Å². The minimum Gasteiger partial charge on any atom is -0.376 e. The SMILES string of the molecule is CN(C)C(N)=NCCC[C@H](N)C(=O)N1CCC[C@H]1C(O)N[C@@H](Cc1ccccc1)C(N)=O. The monoisotopic (exact) mass is 447 g/mol. The molecule has 0 radical (unpaired) electrons. The van der Waals surface area contributed by atoms with Gasteiger partial charge in [0.25, 0.3) is 0 Å². The molecule has 10 heteroatoms. The summed E-state index contributed by atoms with van der Waals surface area (Å²) in [5.74, 6) is -0.340. The molecule has 0 saturated carbocycles. The van der Waals surface area contributed by atoms with Gasteiger partial charge in [-0.25, -0.2) is 0 Å². The highest BCUT2D eigenvalue weighted by Gasteiger charge is 2.37. The van der Waals surface area contributed by atoms with E-state index in [4.69, 9.17) is 17.2 Å². The first-order valence-electron chi connectivity index (χ1n) is 11.0. The fraction of sp³-hybridized carbons (Fsp3) is 0.591. The van der Waals surface area contributed by atoms with Crippen LogP contribution in [0, 0.1) is 0 Å². The summed E-state index contributed by atoms with van der Waals surface area (Å²) in [4.78, 5) is 32.4. The van der Waals surface area contributed by atoms with Crippen molar-refractivity contribution in [3.8, 4) is 0 Å². The fourth-order valence-corrected chi connectivity index (χ4v) is 3.79. The summed E-state index contributed by atoms with van der Waals surface area (Å²) in [6.45, 7) is 1.000. The molecule has 0 aromatic heterocycles. The van der Waals surface area contributed by atoms with E-state index in [1.54, 1.807) is 9.80 Å². The Morgan fingerprint density at radius 1 is 1.28 bits per heavy atom. The van der Waals surface area contributed by atoms with Crippen LogP contribution in [0.25, 0.3) is 0 Å². The van der Waals surface area contributed by atoms with Gasteiger partial charge in [-0.2, -0.15) is 0 Å². The molecule has 32 heavy (non-hydrogen) atoms. The zero-order chi connectivity index (χ0) is 23.7. The van der Waals surface area contributed by atoms with Crippen molar-refractivity contribution in [3.05, 3.63) is 35.9 Å². The zero-order valence-electron chi connectivity index (χ0n) is 19.0. The Labute approximate surface area is 189 Å². The molecular formula is C22H37N7O3. The minimum atomic E-state index is -1.08. The van der Waals surface area contributed by atoms with Gasteiger partial charge >= 0.3 is 0 Å². The van der Waals surface area contributed by atoms with Gasteiger partial charge in [0.2, 0.25) is 11.8 Å².